The first-order chi connectivity index (χ1) is 10.4. The zero-order valence-corrected chi connectivity index (χ0v) is 16.9. The van der Waals surface area contributed by atoms with Gasteiger partial charge < -0.3 is 9.16 Å². The maximum absolute atomic E-state index is 12.6. The van der Waals surface area contributed by atoms with E-state index in [0.717, 1.165) is 0 Å². The third-order valence-corrected chi connectivity index (χ3v) is 8.90. The van der Waals surface area contributed by atoms with Crippen molar-refractivity contribution in [2.75, 3.05) is 6.61 Å². The number of ketones is 1. The van der Waals surface area contributed by atoms with Crippen molar-refractivity contribution in [2.24, 2.45) is 5.92 Å². The van der Waals surface area contributed by atoms with Gasteiger partial charge >= 0.3 is 5.97 Å². The van der Waals surface area contributed by atoms with Crippen LogP contribution in [0, 0.1) is 5.92 Å². The third-order valence-electron chi connectivity index (χ3n) is 4.43. The van der Waals surface area contributed by atoms with E-state index in [0.29, 0.717) is 0 Å². The summed E-state index contributed by atoms with van der Waals surface area (Å²) in [4.78, 5) is 24.6. The standard InChI is InChI=1S/C18H32O4Si/c1-10-14(17(20)21-12-3)16(19)13(4)15(11-2)22-23(8,9)18(5,6)7/h10-11,13,15H,2,12H2,1,3-9H3/b14-10+/t13-,15+/m1/s1. The molecule has 0 fully saturated rings. The normalized spacial score (nSPS) is 15.7. The van der Waals surface area contributed by atoms with E-state index in [1.807, 2.05) is 0 Å². The zero-order chi connectivity index (χ0) is 18.4. The number of esters is 1. The van der Waals surface area contributed by atoms with Crippen LogP contribution < -0.4 is 0 Å². The molecule has 0 saturated heterocycles. The average molecular weight is 341 g/mol. The Bertz CT molecular complexity index is 472. The van der Waals surface area contributed by atoms with Crippen molar-refractivity contribution in [3.63, 3.8) is 0 Å². The molecule has 0 saturated carbocycles. The average Bonchev–Trinajstić information content (AvgIpc) is 2.43. The maximum Gasteiger partial charge on any atom is 0.341 e. The van der Waals surface area contributed by atoms with E-state index in [9.17, 15) is 9.59 Å². The highest BCUT2D eigenvalue weighted by atomic mass is 28.4. The molecule has 0 aliphatic rings. The molecule has 0 radical (unpaired) electrons. The lowest BCUT2D eigenvalue weighted by molar-refractivity contribution is -0.140. The third kappa shape index (κ3) is 5.73. The molecule has 0 heterocycles. The highest BCUT2D eigenvalue weighted by Gasteiger charge is 2.41. The van der Waals surface area contributed by atoms with Gasteiger partial charge in [0.05, 0.1) is 18.3 Å². The van der Waals surface area contributed by atoms with Crippen LogP contribution in [0.1, 0.15) is 41.5 Å². The van der Waals surface area contributed by atoms with Crippen LogP contribution in [0.4, 0.5) is 0 Å². The van der Waals surface area contributed by atoms with Gasteiger partial charge in [0.1, 0.15) is 0 Å². The Kier molecular flexibility index (Phi) is 8.14. The highest BCUT2D eigenvalue weighted by molar-refractivity contribution is 6.74. The Morgan fingerprint density at radius 1 is 1.26 bits per heavy atom. The fraction of sp³-hybridized carbons (Fsp3) is 0.667. The minimum atomic E-state index is -2.04. The van der Waals surface area contributed by atoms with Gasteiger partial charge in [0.15, 0.2) is 14.1 Å². The molecule has 0 rings (SSSR count). The molecule has 0 N–H and O–H groups in total. The van der Waals surface area contributed by atoms with Gasteiger partial charge in [-0.05, 0) is 32.0 Å². The van der Waals surface area contributed by atoms with E-state index in [1.54, 1.807) is 26.8 Å². The highest BCUT2D eigenvalue weighted by Crippen LogP contribution is 2.38. The van der Waals surface area contributed by atoms with Crippen molar-refractivity contribution in [1.82, 2.24) is 0 Å². The number of hydrogen-bond acceptors (Lipinski definition) is 4. The molecule has 0 unspecified atom stereocenters. The number of allylic oxidation sites excluding steroid dienone is 1. The lowest BCUT2D eigenvalue weighted by Gasteiger charge is -2.39. The summed E-state index contributed by atoms with van der Waals surface area (Å²) in [5.41, 5.74) is 0.0741. The van der Waals surface area contributed by atoms with E-state index in [1.165, 1.54) is 6.08 Å². The van der Waals surface area contributed by atoms with Crippen LogP contribution in [0.3, 0.4) is 0 Å². The van der Waals surface area contributed by atoms with E-state index in [2.05, 4.69) is 40.4 Å². The van der Waals surface area contributed by atoms with E-state index in [4.69, 9.17) is 9.16 Å². The van der Waals surface area contributed by atoms with Gasteiger partial charge in [0.2, 0.25) is 0 Å². The van der Waals surface area contributed by atoms with Gasteiger partial charge in [-0.25, -0.2) is 4.79 Å². The summed E-state index contributed by atoms with van der Waals surface area (Å²) in [5.74, 6) is -1.34. The predicted molar refractivity (Wildman–Crippen MR) is 96.8 cm³/mol. The molecule has 0 aromatic carbocycles. The lowest BCUT2D eigenvalue weighted by Crippen LogP contribution is -2.46. The molecule has 0 aromatic rings. The minimum absolute atomic E-state index is 0.0294. The van der Waals surface area contributed by atoms with Crippen LogP contribution in [0.25, 0.3) is 0 Å². The molecule has 0 amide bonds. The Balaban J connectivity index is 5.30. The zero-order valence-electron chi connectivity index (χ0n) is 15.9. The van der Waals surface area contributed by atoms with Crippen molar-refractivity contribution in [1.29, 1.82) is 0 Å². The first kappa shape index (κ1) is 21.8. The van der Waals surface area contributed by atoms with Crippen LogP contribution in [-0.4, -0.2) is 32.8 Å². The van der Waals surface area contributed by atoms with E-state index < -0.39 is 26.3 Å². The second-order valence-corrected chi connectivity index (χ2v) is 11.9. The summed E-state index contributed by atoms with van der Waals surface area (Å²) in [6.07, 6.45) is 2.73. The maximum atomic E-state index is 12.6. The monoisotopic (exact) mass is 340 g/mol. The molecule has 132 valence electrons. The summed E-state index contributed by atoms with van der Waals surface area (Å²) in [5, 5.41) is 0.0294. The quantitative estimate of drug-likeness (QED) is 0.165. The van der Waals surface area contributed by atoms with Crippen LogP contribution in [0.15, 0.2) is 24.3 Å². The van der Waals surface area contributed by atoms with Crippen molar-refractivity contribution in [3.8, 4) is 0 Å². The number of rotatable bonds is 8. The first-order valence-electron chi connectivity index (χ1n) is 8.10. The van der Waals surface area contributed by atoms with Crippen molar-refractivity contribution < 1.29 is 18.8 Å². The SMILES string of the molecule is C=C[C@H](O[Si](C)(C)C(C)(C)C)[C@@H](C)C(=O)/C(=C\C)C(=O)OCC. The van der Waals surface area contributed by atoms with Crippen LogP contribution in [-0.2, 0) is 18.8 Å². The lowest BCUT2D eigenvalue weighted by atomic mass is 9.94. The second-order valence-electron chi connectivity index (χ2n) is 7.15. The summed E-state index contributed by atoms with van der Waals surface area (Å²) in [6, 6.07) is 0. The molecule has 0 aliphatic carbocycles. The molecule has 0 bridgehead atoms. The predicted octanol–water partition coefficient (Wildman–Crippen LogP) is 4.28. The molecule has 0 aromatic heterocycles. The molecular weight excluding hydrogens is 308 g/mol. The Morgan fingerprint density at radius 2 is 1.78 bits per heavy atom. The molecule has 4 nitrogen and oxygen atoms in total. The minimum Gasteiger partial charge on any atom is -0.462 e. The molecule has 5 heteroatoms. The topological polar surface area (TPSA) is 52.6 Å². The largest absolute Gasteiger partial charge is 0.462 e. The number of ether oxygens (including phenoxy) is 1. The number of carbonyl (C=O) groups excluding carboxylic acids is 2. The second kappa shape index (κ2) is 8.59. The number of Topliss-reactive ketones (excluding diaryl/α,β-unsaturated/α-hetero) is 1. The van der Waals surface area contributed by atoms with Crippen molar-refractivity contribution >= 4 is 20.1 Å². The molecule has 23 heavy (non-hydrogen) atoms. The molecular formula is C18H32O4Si. The van der Waals surface area contributed by atoms with Crippen molar-refractivity contribution in [2.45, 2.75) is 65.8 Å². The van der Waals surface area contributed by atoms with Crippen LogP contribution in [0.5, 0.6) is 0 Å². The summed E-state index contributed by atoms with van der Waals surface area (Å²) < 4.78 is 11.2. The fourth-order valence-corrected chi connectivity index (χ4v) is 3.17. The first-order valence-corrected chi connectivity index (χ1v) is 11.0. The van der Waals surface area contributed by atoms with E-state index in [-0.39, 0.29) is 23.0 Å². The van der Waals surface area contributed by atoms with E-state index >= 15 is 0 Å². The molecule has 0 spiro atoms. The summed E-state index contributed by atoms with van der Waals surface area (Å²) in [7, 11) is -2.04. The van der Waals surface area contributed by atoms with Crippen LogP contribution >= 0.6 is 0 Å². The smallest absolute Gasteiger partial charge is 0.341 e. The van der Waals surface area contributed by atoms with Gasteiger partial charge in [-0.2, -0.15) is 0 Å². The summed E-state index contributed by atoms with van der Waals surface area (Å²) >= 11 is 0. The van der Waals surface area contributed by atoms with Gasteiger partial charge in [-0.15, -0.1) is 6.58 Å². The summed E-state index contributed by atoms with van der Waals surface area (Å²) in [6.45, 7) is 19.9. The number of hydrogen-bond donors (Lipinski definition) is 0. The number of carbonyl (C=O) groups is 2. The van der Waals surface area contributed by atoms with Gasteiger partial charge in [-0.3, -0.25) is 4.79 Å². The van der Waals surface area contributed by atoms with Crippen LogP contribution in [0.2, 0.25) is 18.1 Å². The van der Waals surface area contributed by atoms with Gasteiger partial charge in [0, 0.05) is 5.92 Å². The fourth-order valence-electron chi connectivity index (χ4n) is 1.84. The molecule has 0 aliphatic heterocycles. The Hall–Kier alpha value is -1.20. The van der Waals surface area contributed by atoms with Gasteiger partial charge in [0.25, 0.3) is 0 Å². The Labute approximate surface area is 142 Å². The Morgan fingerprint density at radius 3 is 2.13 bits per heavy atom. The van der Waals surface area contributed by atoms with Crippen molar-refractivity contribution in [3.05, 3.63) is 24.3 Å². The van der Waals surface area contributed by atoms with Gasteiger partial charge in [-0.1, -0.05) is 39.8 Å². The molecule has 2 atom stereocenters.